The van der Waals surface area contributed by atoms with Gasteiger partial charge < -0.3 is 10.0 Å². The molecule has 3 heteroatoms. The molecule has 0 atom stereocenters. The van der Waals surface area contributed by atoms with Crippen LogP contribution in [0.4, 0.5) is 5.69 Å². The quantitative estimate of drug-likeness (QED) is 0.869. The predicted molar refractivity (Wildman–Crippen MR) is 73.0 cm³/mol. The van der Waals surface area contributed by atoms with Crippen LogP contribution >= 0.6 is 0 Å². The molecule has 0 radical (unpaired) electrons. The van der Waals surface area contributed by atoms with Gasteiger partial charge in [-0.05, 0) is 37.0 Å². The van der Waals surface area contributed by atoms with E-state index in [4.69, 9.17) is 0 Å². The number of carbonyl (C=O) groups is 1. The van der Waals surface area contributed by atoms with E-state index in [-0.39, 0.29) is 0 Å². The maximum Gasteiger partial charge on any atom is 0.311 e. The second-order valence-electron chi connectivity index (χ2n) is 5.32. The molecule has 0 aromatic heterocycles. The largest absolute Gasteiger partial charge is 0.481 e. The van der Waals surface area contributed by atoms with E-state index in [1.165, 1.54) is 5.56 Å². The summed E-state index contributed by atoms with van der Waals surface area (Å²) in [6.45, 7) is 2.74. The summed E-state index contributed by atoms with van der Waals surface area (Å²) in [5.74, 6) is -0.647. The molecule has 0 unspecified atom stereocenters. The van der Waals surface area contributed by atoms with Gasteiger partial charge >= 0.3 is 5.97 Å². The minimum atomic E-state index is -0.647. The zero-order valence-corrected chi connectivity index (χ0v) is 11.1. The SMILES string of the molecule is CCc1ccc(N(C)CC2(C(=O)O)CCC2)cc1. The van der Waals surface area contributed by atoms with Gasteiger partial charge in [-0.2, -0.15) is 0 Å². The highest BCUT2D eigenvalue weighted by atomic mass is 16.4. The van der Waals surface area contributed by atoms with Crippen molar-refractivity contribution in [3.05, 3.63) is 29.8 Å². The van der Waals surface area contributed by atoms with Crippen LogP contribution in [-0.4, -0.2) is 24.7 Å². The summed E-state index contributed by atoms with van der Waals surface area (Å²) < 4.78 is 0. The molecule has 1 N–H and O–H groups in total. The van der Waals surface area contributed by atoms with Gasteiger partial charge in [-0.25, -0.2) is 0 Å². The second kappa shape index (κ2) is 5.01. The standard InChI is InChI=1S/C15H21NO2/c1-3-12-5-7-13(8-6-12)16(2)11-15(14(17)18)9-4-10-15/h5-8H,3-4,9-11H2,1-2H3,(H,17,18). The Morgan fingerprint density at radius 1 is 1.33 bits per heavy atom. The van der Waals surface area contributed by atoms with E-state index in [0.717, 1.165) is 31.4 Å². The average molecular weight is 247 g/mol. The highest BCUT2D eigenvalue weighted by Crippen LogP contribution is 2.42. The fraction of sp³-hybridized carbons (Fsp3) is 0.533. The Morgan fingerprint density at radius 3 is 2.33 bits per heavy atom. The normalized spacial score (nSPS) is 17.0. The first kappa shape index (κ1) is 12.9. The van der Waals surface area contributed by atoms with Gasteiger partial charge in [-0.15, -0.1) is 0 Å². The molecule has 0 amide bonds. The minimum absolute atomic E-state index is 0.516. The van der Waals surface area contributed by atoms with Crippen molar-refractivity contribution in [3.8, 4) is 0 Å². The van der Waals surface area contributed by atoms with Crippen molar-refractivity contribution in [2.24, 2.45) is 5.41 Å². The fourth-order valence-electron chi connectivity index (χ4n) is 2.57. The first-order chi connectivity index (χ1) is 8.57. The van der Waals surface area contributed by atoms with Crippen molar-refractivity contribution in [2.75, 3.05) is 18.5 Å². The Balaban J connectivity index is 2.06. The first-order valence-electron chi connectivity index (χ1n) is 6.61. The van der Waals surface area contributed by atoms with Gasteiger partial charge in [0.05, 0.1) is 5.41 Å². The van der Waals surface area contributed by atoms with Crippen LogP contribution in [0.1, 0.15) is 31.7 Å². The number of aliphatic carboxylic acids is 1. The predicted octanol–water partition coefficient (Wildman–Crippen LogP) is 2.94. The molecule has 1 aromatic rings. The molecule has 1 aliphatic rings. The molecule has 2 rings (SSSR count). The van der Waals surface area contributed by atoms with E-state index in [9.17, 15) is 9.90 Å². The number of nitrogens with zero attached hydrogens (tertiary/aromatic N) is 1. The molecular weight excluding hydrogens is 226 g/mol. The molecule has 98 valence electrons. The van der Waals surface area contributed by atoms with E-state index in [0.29, 0.717) is 6.54 Å². The molecule has 1 aromatic carbocycles. The van der Waals surface area contributed by atoms with Gasteiger partial charge in [0, 0.05) is 19.3 Å². The Labute approximate surface area is 108 Å². The molecule has 18 heavy (non-hydrogen) atoms. The van der Waals surface area contributed by atoms with Crippen LogP contribution in [0.15, 0.2) is 24.3 Å². The molecule has 1 aliphatic carbocycles. The van der Waals surface area contributed by atoms with Crippen LogP contribution in [0.5, 0.6) is 0 Å². The zero-order valence-electron chi connectivity index (χ0n) is 11.1. The number of benzene rings is 1. The van der Waals surface area contributed by atoms with Crippen molar-refractivity contribution < 1.29 is 9.90 Å². The number of carboxylic acids is 1. The number of hydrogen-bond donors (Lipinski definition) is 1. The van der Waals surface area contributed by atoms with E-state index in [1.54, 1.807) is 0 Å². The molecule has 0 aliphatic heterocycles. The Hall–Kier alpha value is -1.51. The van der Waals surface area contributed by atoms with Gasteiger partial charge in [-0.3, -0.25) is 4.79 Å². The summed E-state index contributed by atoms with van der Waals surface area (Å²) >= 11 is 0. The highest BCUT2D eigenvalue weighted by Gasteiger charge is 2.45. The summed E-state index contributed by atoms with van der Waals surface area (Å²) in [6, 6.07) is 8.38. The van der Waals surface area contributed by atoms with Crippen LogP contribution in [0.3, 0.4) is 0 Å². The molecule has 0 spiro atoms. The monoisotopic (exact) mass is 247 g/mol. The molecule has 0 saturated heterocycles. The summed E-state index contributed by atoms with van der Waals surface area (Å²) in [5, 5.41) is 9.34. The lowest BCUT2D eigenvalue weighted by Gasteiger charge is -2.41. The minimum Gasteiger partial charge on any atom is -0.481 e. The van der Waals surface area contributed by atoms with Crippen molar-refractivity contribution >= 4 is 11.7 Å². The Morgan fingerprint density at radius 2 is 1.94 bits per heavy atom. The maximum atomic E-state index is 11.3. The Bertz CT molecular complexity index is 421. The lowest BCUT2D eigenvalue weighted by Crippen LogP contribution is -2.46. The van der Waals surface area contributed by atoms with Crippen molar-refractivity contribution in [1.82, 2.24) is 0 Å². The van der Waals surface area contributed by atoms with Crippen molar-refractivity contribution in [1.29, 1.82) is 0 Å². The van der Waals surface area contributed by atoms with Gasteiger partial charge in [0.25, 0.3) is 0 Å². The average Bonchev–Trinajstić information content (AvgIpc) is 2.33. The Kier molecular flexibility index (Phi) is 3.60. The summed E-state index contributed by atoms with van der Waals surface area (Å²) in [6.07, 6.45) is 3.68. The van der Waals surface area contributed by atoms with E-state index in [2.05, 4.69) is 36.1 Å². The van der Waals surface area contributed by atoms with Gasteiger partial charge in [0.2, 0.25) is 0 Å². The summed E-state index contributed by atoms with van der Waals surface area (Å²) in [4.78, 5) is 13.4. The van der Waals surface area contributed by atoms with Gasteiger partial charge in [0.15, 0.2) is 0 Å². The number of rotatable bonds is 5. The first-order valence-corrected chi connectivity index (χ1v) is 6.61. The third kappa shape index (κ3) is 2.35. The smallest absolute Gasteiger partial charge is 0.311 e. The molecule has 1 saturated carbocycles. The number of anilines is 1. The van der Waals surface area contributed by atoms with Gasteiger partial charge in [0.1, 0.15) is 0 Å². The van der Waals surface area contributed by atoms with Crippen molar-refractivity contribution in [3.63, 3.8) is 0 Å². The van der Waals surface area contributed by atoms with Crippen LogP contribution in [0.2, 0.25) is 0 Å². The highest BCUT2D eigenvalue weighted by molar-refractivity contribution is 5.76. The summed E-state index contributed by atoms with van der Waals surface area (Å²) in [7, 11) is 1.98. The third-order valence-electron chi connectivity index (χ3n) is 4.09. The maximum absolute atomic E-state index is 11.3. The fourth-order valence-corrected chi connectivity index (χ4v) is 2.57. The zero-order chi connectivity index (χ0) is 13.2. The summed E-state index contributed by atoms with van der Waals surface area (Å²) in [5.41, 5.74) is 1.89. The van der Waals surface area contributed by atoms with Crippen LogP contribution in [-0.2, 0) is 11.2 Å². The van der Waals surface area contributed by atoms with E-state index >= 15 is 0 Å². The molecule has 0 heterocycles. The van der Waals surface area contributed by atoms with E-state index < -0.39 is 11.4 Å². The molecule has 0 bridgehead atoms. The molecular formula is C15H21NO2. The molecule has 1 fully saturated rings. The lowest BCUT2D eigenvalue weighted by atomic mass is 9.68. The van der Waals surface area contributed by atoms with Crippen LogP contribution < -0.4 is 4.90 Å². The number of carboxylic acid groups (broad SMARTS) is 1. The third-order valence-corrected chi connectivity index (χ3v) is 4.09. The lowest BCUT2D eigenvalue weighted by molar-refractivity contribution is -0.153. The number of aryl methyl sites for hydroxylation is 1. The van der Waals surface area contributed by atoms with Crippen molar-refractivity contribution in [2.45, 2.75) is 32.6 Å². The topological polar surface area (TPSA) is 40.5 Å². The van der Waals surface area contributed by atoms with Gasteiger partial charge in [-0.1, -0.05) is 25.5 Å². The number of hydrogen-bond acceptors (Lipinski definition) is 2. The van der Waals surface area contributed by atoms with E-state index in [1.807, 2.05) is 7.05 Å². The van der Waals surface area contributed by atoms with Crippen LogP contribution in [0.25, 0.3) is 0 Å². The van der Waals surface area contributed by atoms with Crippen LogP contribution in [0, 0.1) is 5.41 Å². The second-order valence-corrected chi connectivity index (χ2v) is 5.32. The molecule has 3 nitrogen and oxygen atoms in total.